The van der Waals surface area contributed by atoms with Gasteiger partial charge in [0.05, 0.1) is 6.61 Å². The maximum absolute atomic E-state index is 10.8. The van der Waals surface area contributed by atoms with Gasteiger partial charge in [0, 0.05) is 12.8 Å². The molecular weight excluding hydrogens is 156 g/mol. The van der Waals surface area contributed by atoms with E-state index >= 15 is 0 Å². The Morgan fingerprint density at radius 3 is 2.25 bits per heavy atom. The Balaban J connectivity index is 3.19. The lowest BCUT2D eigenvalue weighted by Gasteiger charge is -1.99. The monoisotopic (exact) mass is 172 g/mol. The van der Waals surface area contributed by atoms with Crippen LogP contribution in [0.3, 0.4) is 0 Å². The molecule has 0 spiro atoms. The van der Waals surface area contributed by atoms with E-state index in [0.29, 0.717) is 19.4 Å². The average Bonchev–Trinajstić information content (AvgIpc) is 1.98. The lowest BCUT2D eigenvalue weighted by Crippen LogP contribution is -2.03. The molecular formula is C9H16O3. The van der Waals surface area contributed by atoms with E-state index in [2.05, 4.69) is 0 Å². The molecule has 70 valence electrons. The van der Waals surface area contributed by atoms with Gasteiger partial charge in [-0.05, 0) is 26.7 Å². The maximum atomic E-state index is 10.8. The fraction of sp³-hybridized carbons (Fsp3) is 0.778. The number of ether oxygens (including phenoxy) is 1. The smallest absolute Gasteiger partial charge is 0.305 e. The Hall–Kier alpha value is -0.860. The molecule has 0 saturated carbocycles. The van der Waals surface area contributed by atoms with Gasteiger partial charge in [0.15, 0.2) is 0 Å². The molecule has 0 aromatic rings. The second kappa shape index (κ2) is 6.83. The minimum absolute atomic E-state index is 0.166. The molecule has 0 amide bonds. The van der Waals surface area contributed by atoms with E-state index in [-0.39, 0.29) is 11.8 Å². The normalized spacial score (nSPS) is 9.50. The molecule has 0 aromatic carbocycles. The minimum atomic E-state index is -0.166. The topological polar surface area (TPSA) is 43.4 Å². The van der Waals surface area contributed by atoms with Crippen LogP contribution in [0.4, 0.5) is 0 Å². The summed E-state index contributed by atoms with van der Waals surface area (Å²) in [5.74, 6) is 0.0138. The van der Waals surface area contributed by atoms with Gasteiger partial charge in [-0.2, -0.15) is 0 Å². The molecule has 0 fully saturated rings. The molecule has 0 bridgehead atoms. The zero-order valence-corrected chi connectivity index (χ0v) is 7.76. The summed E-state index contributed by atoms with van der Waals surface area (Å²) in [4.78, 5) is 21.3. The highest BCUT2D eigenvalue weighted by Crippen LogP contribution is 2.01. The lowest BCUT2D eigenvalue weighted by atomic mass is 10.1. The van der Waals surface area contributed by atoms with Crippen LogP contribution in [0, 0.1) is 0 Å². The molecule has 0 N–H and O–H groups in total. The third-order valence-electron chi connectivity index (χ3n) is 1.47. The second-order valence-corrected chi connectivity index (χ2v) is 2.71. The van der Waals surface area contributed by atoms with Crippen LogP contribution < -0.4 is 0 Å². The summed E-state index contributed by atoms with van der Waals surface area (Å²) in [6, 6.07) is 0. The zero-order chi connectivity index (χ0) is 9.40. The highest BCUT2D eigenvalue weighted by atomic mass is 16.5. The molecule has 0 saturated heterocycles. The molecule has 12 heavy (non-hydrogen) atoms. The predicted molar refractivity (Wildman–Crippen MR) is 45.8 cm³/mol. The van der Waals surface area contributed by atoms with Gasteiger partial charge in [0.1, 0.15) is 5.78 Å². The fourth-order valence-electron chi connectivity index (χ4n) is 0.876. The Morgan fingerprint density at radius 2 is 1.75 bits per heavy atom. The van der Waals surface area contributed by atoms with E-state index in [9.17, 15) is 9.59 Å². The van der Waals surface area contributed by atoms with E-state index < -0.39 is 0 Å². The quantitative estimate of drug-likeness (QED) is 0.452. The highest BCUT2D eigenvalue weighted by molar-refractivity contribution is 5.75. The number of rotatable bonds is 6. The summed E-state index contributed by atoms with van der Waals surface area (Å²) < 4.78 is 4.73. The van der Waals surface area contributed by atoms with Crippen LogP contribution in [0.1, 0.15) is 39.5 Å². The van der Waals surface area contributed by atoms with Gasteiger partial charge in [0.2, 0.25) is 0 Å². The Labute approximate surface area is 73.1 Å². The third-order valence-corrected chi connectivity index (χ3v) is 1.47. The number of Topliss-reactive ketones (excluding diaryl/α,β-unsaturated/α-hetero) is 1. The first kappa shape index (κ1) is 11.1. The summed E-state index contributed by atoms with van der Waals surface area (Å²) >= 11 is 0. The predicted octanol–water partition coefficient (Wildman–Crippen LogP) is 1.70. The zero-order valence-electron chi connectivity index (χ0n) is 7.76. The van der Waals surface area contributed by atoms with Crippen LogP contribution in [0.25, 0.3) is 0 Å². The van der Waals surface area contributed by atoms with Crippen molar-refractivity contribution in [3.05, 3.63) is 0 Å². The summed E-state index contributed by atoms with van der Waals surface area (Å²) in [5, 5.41) is 0. The van der Waals surface area contributed by atoms with Crippen molar-refractivity contribution in [2.75, 3.05) is 6.61 Å². The number of esters is 1. The summed E-state index contributed by atoms with van der Waals surface area (Å²) in [5.41, 5.74) is 0. The van der Waals surface area contributed by atoms with Gasteiger partial charge >= 0.3 is 5.97 Å². The van der Waals surface area contributed by atoms with Gasteiger partial charge in [-0.3, -0.25) is 4.79 Å². The first-order valence-corrected chi connectivity index (χ1v) is 4.32. The van der Waals surface area contributed by atoms with E-state index in [0.717, 1.165) is 12.8 Å². The van der Waals surface area contributed by atoms with Crippen LogP contribution in [0.15, 0.2) is 0 Å². The molecule has 0 aliphatic carbocycles. The summed E-state index contributed by atoms with van der Waals surface area (Å²) in [6.45, 7) is 3.78. The van der Waals surface area contributed by atoms with Crippen molar-refractivity contribution >= 4 is 11.8 Å². The molecule has 3 nitrogen and oxygen atoms in total. The van der Waals surface area contributed by atoms with Crippen molar-refractivity contribution in [2.45, 2.75) is 39.5 Å². The van der Waals surface area contributed by atoms with Crippen molar-refractivity contribution in [3.8, 4) is 0 Å². The molecule has 0 heterocycles. The summed E-state index contributed by atoms with van der Waals surface area (Å²) in [6.07, 6.45) is 2.53. The minimum Gasteiger partial charge on any atom is -0.466 e. The average molecular weight is 172 g/mol. The number of hydrogen-bond donors (Lipinski definition) is 0. The van der Waals surface area contributed by atoms with Crippen LogP contribution in [0.5, 0.6) is 0 Å². The van der Waals surface area contributed by atoms with Crippen LogP contribution in [0.2, 0.25) is 0 Å². The summed E-state index contributed by atoms with van der Waals surface area (Å²) in [7, 11) is 0. The molecule has 0 unspecified atom stereocenters. The Bertz CT molecular complexity index is 152. The van der Waals surface area contributed by atoms with E-state index in [1.54, 1.807) is 13.8 Å². The van der Waals surface area contributed by atoms with Gasteiger partial charge in [0.25, 0.3) is 0 Å². The Morgan fingerprint density at radius 1 is 1.17 bits per heavy atom. The molecule has 3 heteroatoms. The van der Waals surface area contributed by atoms with Crippen molar-refractivity contribution in [1.82, 2.24) is 0 Å². The molecule has 0 aliphatic rings. The van der Waals surface area contributed by atoms with Gasteiger partial charge in [-0.1, -0.05) is 0 Å². The molecule has 0 radical (unpaired) electrons. The van der Waals surface area contributed by atoms with Gasteiger partial charge in [-0.15, -0.1) is 0 Å². The number of hydrogen-bond acceptors (Lipinski definition) is 3. The van der Waals surface area contributed by atoms with Gasteiger partial charge in [-0.25, -0.2) is 0 Å². The molecule has 0 aliphatic heterocycles. The standard InChI is InChI=1S/C9H16O3/c1-3-12-9(11)7-5-4-6-8(2)10/h3-7H2,1-2H3. The maximum Gasteiger partial charge on any atom is 0.305 e. The number of carbonyl (C=O) groups is 2. The van der Waals surface area contributed by atoms with Crippen LogP contribution >= 0.6 is 0 Å². The number of carbonyl (C=O) groups excluding carboxylic acids is 2. The third kappa shape index (κ3) is 7.25. The SMILES string of the molecule is CCOC(=O)CCCCC(C)=O. The van der Waals surface area contributed by atoms with E-state index in [1.807, 2.05) is 0 Å². The van der Waals surface area contributed by atoms with Crippen molar-refractivity contribution < 1.29 is 14.3 Å². The number of ketones is 1. The van der Waals surface area contributed by atoms with E-state index in [4.69, 9.17) is 4.74 Å². The Kier molecular flexibility index (Phi) is 6.34. The molecule has 0 rings (SSSR count). The largest absolute Gasteiger partial charge is 0.466 e. The van der Waals surface area contributed by atoms with Crippen LogP contribution in [-0.4, -0.2) is 18.4 Å². The highest BCUT2D eigenvalue weighted by Gasteiger charge is 2.01. The van der Waals surface area contributed by atoms with Crippen molar-refractivity contribution in [1.29, 1.82) is 0 Å². The first-order valence-electron chi connectivity index (χ1n) is 4.32. The van der Waals surface area contributed by atoms with Gasteiger partial charge < -0.3 is 9.53 Å². The fourth-order valence-corrected chi connectivity index (χ4v) is 0.876. The van der Waals surface area contributed by atoms with E-state index in [1.165, 1.54) is 0 Å². The van der Waals surface area contributed by atoms with Crippen molar-refractivity contribution in [3.63, 3.8) is 0 Å². The molecule has 0 atom stereocenters. The lowest BCUT2D eigenvalue weighted by molar-refractivity contribution is -0.143. The number of unbranched alkanes of at least 4 members (excludes halogenated alkanes) is 1. The molecule has 0 aromatic heterocycles. The van der Waals surface area contributed by atoms with Crippen molar-refractivity contribution in [2.24, 2.45) is 0 Å². The second-order valence-electron chi connectivity index (χ2n) is 2.71. The van der Waals surface area contributed by atoms with Crippen LogP contribution in [-0.2, 0) is 14.3 Å². The first-order chi connectivity index (χ1) is 5.66.